The van der Waals surface area contributed by atoms with Crippen LogP contribution in [0.1, 0.15) is 245 Å². The Morgan fingerprint density at radius 2 is 0.838 bits per heavy atom. The molecule has 3 atom stereocenters. The summed E-state index contributed by atoms with van der Waals surface area (Å²) in [6.07, 6.45) is 70.9. The lowest BCUT2D eigenvalue weighted by Gasteiger charge is -2.30. The number of quaternary nitrogens is 1. The van der Waals surface area contributed by atoms with Gasteiger partial charge in [0.1, 0.15) is 19.3 Å². The highest BCUT2D eigenvalue weighted by atomic mass is 31.2. The van der Waals surface area contributed by atoms with Crippen LogP contribution in [0.3, 0.4) is 0 Å². The SMILES string of the molecule is CCCCC/C=C\C/C=C\C/C=C\C/C=C\CCCC(=O)OC(/C=C/CCCCCCCCCCCC)C(COP(=O)([O-])OCC[N+](C)(C)C)NC(=O)CCCCCCCC/C=C\C/C=C\C/C=C\CCCCC. The van der Waals surface area contributed by atoms with Crippen LogP contribution in [0.15, 0.2) is 97.2 Å². The Kier molecular flexibility index (Phi) is 51.1. The summed E-state index contributed by atoms with van der Waals surface area (Å²) in [4.78, 5) is 39.9. The van der Waals surface area contributed by atoms with E-state index >= 15 is 0 Å². The third kappa shape index (κ3) is 53.7. The van der Waals surface area contributed by atoms with Gasteiger partial charge in [0.15, 0.2) is 0 Å². The van der Waals surface area contributed by atoms with Gasteiger partial charge in [-0.1, -0.05) is 221 Å². The predicted molar refractivity (Wildman–Crippen MR) is 316 cm³/mol. The van der Waals surface area contributed by atoms with Gasteiger partial charge >= 0.3 is 5.97 Å². The molecule has 0 fully saturated rings. The Bertz CT molecular complexity index is 1590. The van der Waals surface area contributed by atoms with Crippen molar-refractivity contribution < 1.29 is 37.3 Å². The summed E-state index contributed by atoms with van der Waals surface area (Å²) < 4.78 is 30.2. The van der Waals surface area contributed by atoms with Gasteiger partial charge in [0.25, 0.3) is 7.82 Å². The van der Waals surface area contributed by atoms with Gasteiger partial charge in [0.2, 0.25) is 5.91 Å². The first kappa shape index (κ1) is 70.9. The second kappa shape index (κ2) is 53.3. The maximum absolute atomic E-state index is 13.5. The van der Waals surface area contributed by atoms with E-state index in [1.165, 1.54) is 103 Å². The highest BCUT2D eigenvalue weighted by molar-refractivity contribution is 7.45. The van der Waals surface area contributed by atoms with Crippen LogP contribution in [0, 0.1) is 0 Å². The molecule has 10 heteroatoms. The quantitative estimate of drug-likeness (QED) is 0.0212. The van der Waals surface area contributed by atoms with Gasteiger partial charge in [-0.2, -0.15) is 0 Å². The summed E-state index contributed by atoms with van der Waals surface area (Å²) in [6.45, 7) is 6.73. The normalized spacial score (nSPS) is 14.4. The van der Waals surface area contributed by atoms with Crippen LogP contribution in [0.2, 0.25) is 0 Å². The molecular weight excluding hydrogens is 940 g/mol. The van der Waals surface area contributed by atoms with E-state index in [0.717, 1.165) is 96.3 Å². The molecule has 0 aromatic carbocycles. The number of carbonyl (C=O) groups excluding carboxylic acids is 2. The topological polar surface area (TPSA) is 114 Å². The van der Waals surface area contributed by atoms with E-state index in [2.05, 4.69) is 111 Å². The molecule has 0 aliphatic rings. The number of likely N-dealkylation sites (N-methyl/N-ethyl adjacent to an activating group) is 1. The Labute approximate surface area is 456 Å². The predicted octanol–water partition coefficient (Wildman–Crippen LogP) is 17.8. The van der Waals surface area contributed by atoms with Crippen molar-refractivity contribution in [3.05, 3.63) is 97.2 Å². The molecule has 0 radical (unpaired) electrons. The molecule has 0 spiro atoms. The van der Waals surface area contributed by atoms with Gasteiger partial charge < -0.3 is 28.5 Å². The number of esters is 1. The van der Waals surface area contributed by atoms with Crippen LogP contribution in [-0.2, 0) is 27.9 Å². The molecule has 1 amide bonds. The largest absolute Gasteiger partial charge is 0.756 e. The molecule has 1 N–H and O–H groups in total. The van der Waals surface area contributed by atoms with Crippen LogP contribution >= 0.6 is 7.82 Å². The zero-order chi connectivity index (χ0) is 54.3. The second-order valence-corrected chi connectivity index (χ2v) is 22.6. The van der Waals surface area contributed by atoms with E-state index in [1.807, 2.05) is 27.2 Å². The average molecular weight is 1050 g/mol. The van der Waals surface area contributed by atoms with Gasteiger partial charge in [-0.25, -0.2) is 0 Å². The van der Waals surface area contributed by atoms with Gasteiger partial charge in [-0.05, 0) is 109 Å². The summed E-state index contributed by atoms with van der Waals surface area (Å²) in [5.74, 6) is -0.626. The van der Waals surface area contributed by atoms with E-state index in [9.17, 15) is 19.0 Å². The van der Waals surface area contributed by atoms with Crippen molar-refractivity contribution in [3.63, 3.8) is 0 Å². The van der Waals surface area contributed by atoms with Crippen LogP contribution < -0.4 is 10.2 Å². The molecule has 0 aliphatic heterocycles. The molecule has 0 saturated carbocycles. The average Bonchev–Trinajstić information content (AvgIpc) is 3.36. The molecule has 0 bridgehead atoms. The van der Waals surface area contributed by atoms with Crippen molar-refractivity contribution >= 4 is 19.7 Å². The molecule has 3 unspecified atom stereocenters. The maximum atomic E-state index is 13.5. The van der Waals surface area contributed by atoms with Crippen LogP contribution in [0.5, 0.6) is 0 Å². The number of nitrogens with one attached hydrogen (secondary N) is 1. The number of nitrogens with zero attached hydrogens (tertiary/aromatic N) is 1. The molecule has 0 rings (SSSR count). The summed E-state index contributed by atoms with van der Waals surface area (Å²) in [6, 6.07) is -0.922. The molecule has 0 saturated heterocycles. The molecule has 0 heterocycles. The lowest BCUT2D eigenvalue weighted by atomic mass is 10.0. The number of unbranched alkanes of at least 4 members (excludes halogenated alkanes) is 23. The minimum absolute atomic E-state index is 0.0379. The number of carbonyl (C=O) groups is 2. The van der Waals surface area contributed by atoms with Gasteiger partial charge in [0, 0.05) is 12.8 Å². The lowest BCUT2D eigenvalue weighted by Crippen LogP contribution is -2.47. The second-order valence-electron chi connectivity index (χ2n) is 21.1. The number of rotatable bonds is 53. The van der Waals surface area contributed by atoms with Crippen LogP contribution in [0.4, 0.5) is 0 Å². The van der Waals surface area contributed by atoms with Crippen molar-refractivity contribution in [2.75, 3.05) is 40.9 Å². The van der Waals surface area contributed by atoms with Gasteiger partial charge in [0.05, 0.1) is 33.8 Å². The minimum atomic E-state index is -4.72. The lowest BCUT2D eigenvalue weighted by molar-refractivity contribution is -0.870. The summed E-state index contributed by atoms with van der Waals surface area (Å²) in [7, 11) is 1.13. The Hall–Kier alpha value is -3.07. The third-order valence-electron chi connectivity index (χ3n) is 12.7. The van der Waals surface area contributed by atoms with Crippen LogP contribution in [-0.4, -0.2) is 69.4 Å². The van der Waals surface area contributed by atoms with E-state index in [0.29, 0.717) is 23.9 Å². The Balaban J connectivity index is 5.42. The third-order valence-corrected chi connectivity index (χ3v) is 13.7. The number of allylic oxidation sites excluding steroid dienone is 15. The molecule has 9 nitrogen and oxygen atoms in total. The zero-order valence-corrected chi connectivity index (χ0v) is 49.4. The van der Waals surface area contributed by atoms with E-state index in [-0.39, 0.29) is 25.4 Å². The number of hydrogen-bond acceptors (Lipinski definition) is 7. The fraction of sp³-hybridized carbons (Fsp3) is 0.719. The van der Waals surface area contributed by atoms with Crippen molar-refractivity contribution in [3.8, 4) is 0 Å². The molecular formula is C64H113N2O7P. The fourth-order valence-corrected chi connectivity index (χ4v) is 8.77. The number of amides is 1. The standard InChI is InChI=1S/C64H113N2O7P/c1-7-10-13-16-19-22-25-28-30-32-33-35-36-38-41-44-47-50-53-56-63(67)65-61(60-72-74(69,70)71-59-58-66(4,5)6)62(55-52-49-46-43-40-27-24-21-18-15-12-9-3)73-64(68)57-54-51-48-45-42-39-37-34-31-29-26-23-20-17-14-11-8-2/h19-20,22-23,28-31,33,35,37,39,45,48,52,55,61-62H,7-18,21,24-27,32,34,36,38,40-44,46-47,49-51,53-54,56-60H2,1-6H3,(H-,65,67,69,70)/b22-19-,23-20-,30-28-,31-29-,35-33-,39-37-,48-45-,55-52+. The first-order valence-corrected chi connectivity index (χ1v) is 31.5. The minimum Gasteiger partial charge on any atom is -0.756 e. The highest BCUT2D eigenvalue weighted by Crippen LogP contribution is 2.38. The van der Waals surface area contributed by atoms with Crippen molar-refractivity contribution in [2.45, 2.75) is 258 Å². The highest BCUT2D eigenvalue weighted by Gasteiger charge is 2.27. The van der Waals surface area contributed by atoms with Crippen molar-refractivity contribution in [2.24, 2.45) is 0 Å². The van der Waals surface area contributed by atoms with E-state index < -0.39 is 32.5 Å². The van der Waals surface area contributed by atoms with Crippen molar-refractivity contribution in [1.82, 2.24) is 5.32 Å². The van der Waals surface area contributed by atoms with E-state index in [4.69, 9.17) is 13.8 Å². The molecule has 74 heavy (non-hydrogen) atoms. The fourth-order valence-electron chi connectivity index (χ4n) is 8.05. The Morgan fingerprint density at radius 3 is 1.28 bits per heavy atom. The number of phosphoric acid groups is 1. The summed E-state index contributed by atoms with van der Waals surface area (Å²) in [5.41, 5.74) is 0. The number of ether oxygens (including phenoxy) is 1. The van der Waals surface area contributed by atoms with Gasteiger partial charge in [-0.15, -0.1) is 0 Å². The maximum Gasteiger partial charge on any atom is 0.306 e. The Morgan fingerprint density at radius 1 is 0.473 bits per heavy atom. The molecule has 0 aromatic rings. The summed E-state index contributed by atoms with van der Waals surface area (Å²) >= 11 is 0. The smallest absolute Gasteiger partial charge is 0.306 e. The van der Waals surface area contributed by atoms with E-state index in [1.54, 1.807) is 6.08 Å². The molecule has 0 aliphatic carbocycles. The first-order valence-electron chi connectivity index (χ1n) is 30.0. The molecule has 426 valence electrons. The summed E-state index contributed by atoms with van der Waals surface area (Å²) in [5, 5.41) is 3.00. The monoisotopic (exact) mass is 1050 g/mol. The van der Waals surface area contributed by atoms with Crippen LogP contribution in [0.25, 0.3) is 0 Å². The number of hydrogen-bond donors (Lipinski definition) is 1. The number of phosphoric ester groups is 1. The molecule has 0 aromatic heterocycles. The van der Waals surface area contributed by atoms with Gasteiger partial charge in [-0.3, -0.25) is 14.2 Å². The zero-order valence-electron chi connectivity index (χ0n) is 48.5. The first-order chi connectivity index (χ1) is 35.9. The van der Waals surface area contributed by atoms with Crippen molar-refractivity contribution in [1.29, 1.82) is 0 Å².